The van der Waals surface area contributed by atoms with Crippen LogP contribution in [0.4, 0.5) is 0 Å². The lowest BCUT2D eigenvalue weighted by atomic mass is 10.5. The van der Waals surface area contributed by atoms with Gasteiger partial charge in [0, 0.05) is 5.41 Å². The molecule has 0 aromatic rings. The Hall–Kier alpha value is -0.770. The number of amides is 1. The molecule has 0 aliphatic carbocycles. The van der Waals surface area contributed by atoms with Crippen LogP contribution in [-0.4, -0.2) is 18.9 Å². The number of aliphatic imine (C=N–C) groups is 1. The average molecular weight is 144 g/mol. The van der Waals surface area contributed by atoms with E-state index in [9.17, 15) is 4.79 Å². The van der Waals surface area contributed by atoms with Gasteiger partial charge in [0.1, 0.15) is 5.70 Å². The normalized spacial score (nSPS) is 11.0. The molecule has 50 valence electrons. The molecule has 0 rings (SSSR count). The van der Waals surface area contributed by atoms with Gasteiger partial charge in [0.25, 0.3) is 5.91 Å². The summed E-state index contributed by atoms with van der Waals surface area (Å²) in [5, 5.41) is 1.55. The highest BCUT2D eigenvalue weighted by Crippen LogP contribution is 2.02. The second-order valence-corrected chi connectivity index (χ2v) is 1.97. The van der Waals surface area contributed by atoms with Gasteiger partial charge >= 0.3 is 0 Å². The van der Waals surface area contributed by atoms with Gasteiger partial charge in [0.05, 0.1) is 0 Å². The molecule has 0 fully saturated rings. The van der Waals surface area contributed by atoms with E-state index in [2.05, 4.69) is 11.7 Å². The van der Waals surface area contributed by atoms with Crippen molar-refractivity contribution in [3.8, 4) is 0 Å². The lowest BCUT2D eigenvalue weighted by Crippen LogP contribution is -2.11. The van der Waals surface area contributed by atoms with E-state index in [0.29, 0.717) is 0 Å². The minimum atomic E-state index is -0.542. The lowest BCUT2D eigenvalue weighted by Gasteiger charge is -1.89. The van der Waals surface area contributed by atoms with E-state index in [-0.39, 0.29) is 5.70 Å². The zero-order chi connectivity index (χ0) is 7.28. The van der Waals surface area contributed by atoms with Crippen molar-refractivity contribution in [2.24, 2.45) is 10.7 Å². The number of carbonyl (C=O) groups excluding carboxylic acids is 1. The SMILES string of the molecule is C=N/C(=C\SC)C(N)=O. The molecule has 3 nitrogen and oxygen atoms in total. The molecule has 4 heteroatoms. The van der Waals surface area contributed by atoms with Crippen LogP contribution in [0.3, 0.4) is 0 Å². The third-order valence-electron chi connectivity index (χ3n) is 0.652. The van der Waals surface area contributed by atoms with E-state index in [4.69, 9.17) is 5.73 Å². The van der Waals surface area contributed by atoms with Crippen LogP contribution in [0.2, 0.25) is 0 Å². The van der Waals surface area contributed by atoms with E-state index >= 15 is 0 Å². The number of rotatable bonds is 3. The van der Waals surface area contributed by atoms with Crippen molar-refractivity contribution >= 4 is 24.4 Å². The molecule has 0 saturated carbocycles. The fraction of sp³-hybridized carbons (Fsp3) is 0.200. The van der Waals surface area contributed by atoms with Crippen LogP contribution in [-0.2, 0) is 4.79 Å². The molecule has 0 radical (unpaired) electrons. The molecule has 0 unspecified atom stereocenters. The number of nitrogens with two attached hydrogens (primary N) is 1. The summed E-state index contributed by atoms with van der Waals surface area (Å²) in [6, 6.07) is 0. The smallest absolute Gasteiger partial charge is 0.267 e. The van der Waals surface area contributed by atoms with Gasteiger partial charge in [-0.05, 0) is 13.0 Å². The first-order valence-electron chi connectivity index (χ1n) is 2.22. The Balaban J connectivity index is 4.14. The quantitative estimate of drug-likeness (QED) is 0.459. The van der Waals surface area contributed by atoms with Crippen LogP contribution >= 0.6 is 11.8 Å². The Labute approximate surface area is 58.0 Å². The molecule has 9 heavy (non-hydrogen) atoms. The van der Waals surface area contributed by atoms with Crippen LogP contribution in [0, 0.1) is 0 Å². The summed E-state index contributed by atoms with van der Waals surface area (Å²) >= 11 is 1.37. The van der Waals surface area contributed by atoms with Crippen molar-refractivity contribution in [2.75, 3.05) is 6.26 Å². The van der Waals surface area contributed by atoms with Crippen LogP contribution < -0.4 is 5.73 Å². The predicted octanol–water partition coefficient (Wildman–Crippen LogP) is 0.377. The summed E-state index contributed by atoms with van der Waals surface area (Å²) in [6.45, 7) is 3.17. The molecular weight excluding hydrogens is 136 g/mol. The molecule has 0 heterocycles. The zero-order valence-electron chi connectivity index (χ0n) is 5.13. The van der Waals surface area contributed by atoms with Gasteiger partial charge in [-0.25, -0.2) is 0 Å². The molecule has 0 aromatic carbocycles. The predicted molar refractivity (Wildman–Crippen MR) is 40.3 cm³/mol. The maximum atomic E-state index is 10.3. The van der Waals surface area contributed by atoms with E-state index in [1.54, 1.807) is 5.41 Å². The Kier molecular flexibility index (Phi) is 3.79. The Morgan fingerprint density at radius 1 is 1.89 bits per heavy atom. The van der Waals surface area contributed by atoms with Crippen LogP contribution in [0.25, 0.3) is 0 Å². The number of hydrogen-bond donors (Lipinski definition) is 1. The average Bonchev–Trinajstić information content (AvgIpc) is 1.82. The largest absolute Gasteiger partial charge is 0.364 e. The van der Waals surface area contributed by atoms with Crippen molar-refractivity contribution in [3.05, 3.63) is 11.1 Å². The zero-order valence-corrected chi connectivity index (χ0v) is 5.94. The number of carbonyl (C=O) groups is 1. The summed E-state index contributed by atoms with van der Waals surface area (Å²) in [4.78, 5) is 13.7. The molecule has 0 spiro atoms. The minimum Gasteiger partial charge on any atom is -0.364 e. The van der Waals surface area contributed by atoms with Gasteiger partial charge < -0.3 is 5.73 Å². The van der Waals surface area contributed by atoms with E-state index < -0.39 is 5.91 Å². The highest BCUT2D eigenvalue weighted by molar-refractivity contribution is 8.01. The van der Waals surface area contributed by atoms with E-state index in [1.807, 2.05) is 6.26 Å². The summed E-state index contributed by atoms with van der Waals surface area (Å²) in [5.74, 6) is -0.542. The topological polar surface area (TPSA) is 55.4 Å². The lowest BCUT2D eigenvalue weighted by molar-refractivity contribution is -0.114. The van der Waals surface area contributed by atoms with Crippen molar-refractivity contribution in [1.29, 1.82) is 0 Å². The third kappa shape index (κ3) is 2.92. The van der Waals surface area contributed by atoms with Gasteiger partial charge in [0.15, 0.2) is 0 Å². The fourth-order valence-corrected chi connectivity index (χ4v) is 0.699. The highest BCUT2D eigenvalue weighted by Gasteiger charge is 1.97. The number of hydrogen-bond acceptors (Lipinski definition) is 3. The van der Waals surface area contributed by atoms with Gasteiger partial charge in [0.2, 0.25) is 0 Å². The molecule has 2 N–H and O–H groups in total. The van der Waals surface area contributed by atoms with Crippen LogP contribution in [0.1, 0.15) is 0 Å². The van der Waals surface area contributed by atoms with Gasteiger partial charge in [-0.15, -0.1) is 11.8 Å². The standard InChI is InChI=1S/C5H8N2OS/c1-7-4(3-9-2)5(6)8/h3H,1H2,2H3,(H2,6,8)/b4-3-. The molecule has 0 atom stereocenters. The molecular formula is C5H8N2OS. The second-order valence-electron chi connectivity index (χ2n) is 1.26. The number of thioether (sulfide) groups is 1. The monoisotopic (exact) mass is 144 g/mol. The molecule has 0 bridgehead atoms. The first-order valence-corrected chi connectivity index (χ1v) is 3.50. The number of nitrogens with zero attached hydrogens (tertiary/aromatic N) is 1. The van der Waals surface area contributed by atoms with Gasteiger partial charge in [-0.2, -0.15) is 0 Å². The molecule has 0 aliphatic rings. The molecule has 0 aromatic heterocycles. The van der Waals surface area contributed by atoms with Gasteiger partial charge in [-0.3, -0.25) is 9.79 Å². The minimum absolute atomic E-state index is 0.211. The van der Waals surface area contributed by atoms with Crippen LogP contribution in [0.15, 0.2) is 16.1 Å². The molecule has 1 amide bonds. The summed E-state index contributed by atoms with van der Waals surface area (Å²) < 4.78 is 0. The fourth-order valence-electron chi connectivity index (χ4n) is 0.285. The number of primary amides is 1. The Bertz CT molecular complexity index is 153. The van der Waals surface area contributed by atoms with E-state index in [1.165, 1.54) is 11.8 Å². The maximum Gasteiger partial charge on any atom is 0.267 e. The first kappa shape index (κ1) is 8.23. The second kappa shape index (κ2) is 4.14. The van der Waals surface area contributed by atoms with Crippen molar-refractivity contribution < 1.29 is 4.79 Å². The highest BCUT2D eigenvalue weighted by atomic mass is 32.2. The first-order chi connectivity index (χ1) is 4.22. The van der Waals surface area contributed by atoms with E-state index in [0.717, 1.165) is 0 Å². The summed E-state index contributed by atoms with van der Waals surface area (Å²) in [5.41, 5.74) is 5.09. The van der Waals surface area contributed by atoms with Crippen molar-refractivity contribution in [3.63, 3.8) is 0 Å². The van der Waals surface area contributed by atoms with Crippen molar-refractivity contribution in [1.82, 2.24) is 0 Å². The summed E-state index contributed by atoms with van der Waals surface area (Å²) in [7, 11) is 0. The Morgan fingerprint density at radius 3 is 2.56 bits per heavy atom. The van der Waals surface area contributed by atoms with Crippen molar-refractivity contribution in [2.45, 2.75) is 0 Å². The maximum absolute atomic E-state index is 10.3. The third-order valence-corrected chi connectivity index (χ3v) is 1.11. The van der Waals surface area contributed by atoms with Gasteiger partial charge in [-0.1, -0.05) is 0 Å². The Morgan fingerprint density at radius 2 is 2.44 bits per heavy atom. The molecule has 0 saturated heterocycles. The van der Waals surface area contributed by atoms with Crippen LogP contribution in [0.5, 0.6) is 0 Å². The molecule has 0 aliphatic heterocycles. The summed E-state index contributed by atoms with van der Waals surface area (Å²) in [6.07, 6.45) is 1.81.